The molecule has 0 bridgehead atoms. The van der Waals surface area contributed by atoms with Crippen molar-refractivity contribution in [1.29, 1.82) is 0 Å². The van der Waals surface area contributed by atoms with E-state index in [-0.39, 0.29) is 39.6 Å². The highest BCUT2D eigenvalue weighted by Crippen LogP contribution is 1.68. The second kappa shape index (κ2) is 29.3. The molecule has 0 aliphatic rings. The van der Waals surface area contributed by atoms with Crippen molar-refractivity contribution >= 4 is 0 Å². The summed E-state index contributed by atoms with van der Waals surface area (Å²) in [6.07, 6.45) is 0.500. The Morgan fingerprint density at radius 3 is 1.00 bits per heavy atom. The number of aliphatic hydroxyl groups excluding tert-OH is 6. The van der Waals surface area contributed by atoms with Gasteiger partial charge in [-0.3, -0.25) is 0 Å². The topological polar surface area (TPSA) is 131 Å². The molecule has 7 nitrogen and oxygen atoms in total. The van der Waals surface area contributed by atoms with Crippen LogP contribution in [-0.4, -0.2) is 83.5 Å². The monoisotopic (exact) mass is 244 g/mol. The molecule has 0 amide bonds. The molecular formula is C9H24O7. The van der Waals surface area contributed by atoms with Crippen LogP contribution in [0.15, 0.2) is 0 Å². The second-order valence-corrected chi connectivity index (χ2v) is 2.31. The molecule has 16 heavy (non-hydrogen) atoms. The van der Waals surface area contributed by atoms with Gasteiger partial charge in [0.15, 0.2) is 0 Å². The van der Waals surface area contributed by atoms with E-state index in [0.717, 1.165) is 0 Å². The van der Waals surface area contributed by atoms with Crippen molar-refractivity contribution in [3.05, 3.63) is 0 Å². The maximum Gasteiger partial charge on any atom is 0.0698 e. The van der Waals surface area contributed by atoms with E-state index in [2.05, 4.69) is 4.74 Å². The molecular weight excluding hydrogens is 220 g/mol. The molecule has 0 unspecified atom stereocenters. The first-order valence-electron chi connectivity index (χ1n) is 4.97. The Balaban J connectivity index is -0.000000166. The quantitative estimate of drug-likeness (QED) is 0.269. The average Bonchev–Trinajstić information content (AvgIpc) is 2.32. The van der Waals surface area contributed by atoms with Gasteiger partial charge in [-0.2, -0.15) is 0 Å². The average molecular weight is 244 g/mol. The highest BCUT2D eigenvalue weighted by atomic mass is 16.5. The fourth-order valence-electron chi connectivity index (χ4n) is 0.302. The third-order valence-electron chi connectivity index (χ3n) is 0.887. The summed E-state index contributed by atoms with van der Waals surface area (Å²) in [5, 5.41) is 47.2. The number of ether oxygens (including phenoxy) is 1. The third-order valence-corrected chi connectivity index (χ3v) is 0.887. The standard InChI is InChI=1S/C4H10O3.C3H8O2.C2H6O2/c5-1-3-7-4-2-6;4-2-1-3-5;3-1-2-4/h5-6H,1-4H2;4-5H,1-3H2;3-4H,1-2H2. The predicted molar refractivity (Wildman–Crippen MR) is 58.0 cm³/mol. The van der Waals surface area contributed by atoms with Crippen LogP contribution in [0.4, 0.5) is 0 Å². The second-order valence-electron chi connectivity index (χ2n) is 2.31. The summed E-state index contributed by atoms with van der Waals surface area (Å²) in [6, 6.07) is 0. The lowest BCUT2D eigenvalue weighted by molar-refractivity contribution is 0.0650. The highest BCUT2D eigenvalue weighted by Gasteiger charge is 1.79. The summed E-state index contributed by atoms with van der Waals surface area (Å²) in [5.41, 5.74) is 0. The molecule has 0 heterocycles. The van der Waals surface area contributed by atoms with E-state index >= 15 is 0 Å². The molecule has 7 heteroatoms. The number of hydrogen-bond donors (Lipinski definition) is 6. The molecule has 0 saturated heterocycles. The first-order chi connectivity index (χ1) is 7.74. The maximum absolute atomic E-state index is 8.09. The Hall–Kier alpha value is -0.280. The van der Waals surface area contributed by atoms with Gasteiger partial charge < -0.3 is 35.4 Å². The zero-order valence-electron chi connectivity index (χ0n) is 9.46. The van der Waals surface area contributed by atoms with Gasteiger partial charge in [0.2, 0.25) is 0 Å². The summed E-state index contributed by atoms with van der Waals surface area (Å²) in [6.45, 7) is 0.633. The van der Waals surface area contributed by atoms with Crippen LogP contribution in [0.25, 0.3) is 0 Å². The van der Waals surface area contributed by atoms with Gasteiger partial charge in [0.25, 0.3) is 0 Å². The van der Waals surface area contributed by atoms with Crippen LogP contribution in [0, 0.1) is 0 Å². The summed E-state index contributed by atoms with van der Waals surface area (Å²) in [4.78, 5) is 0. The third kappa shape index (κ3) is 49.2. The van der Waals surface area contributed by atoms with Crippen molar-refractivity contribution in [2.75, 3.05) is 52.9 Å². The fourth-order valence-corrected chi connectivity index (χ4v) is 0.302. The van der Waals surface area contributed by atoms with E-state index in [9.17, 15) is 0 Å². The Bertz CT molecular complexity index is 74.3. The molecule has 0 aromatic carbocycles. The van der Waals surface area contributed by atoms with Crippen LogP contribution in [0.2, 0.25) is 0 Å². The Labute approximate surface area is 95.5 Å². The molecule has 0 aromatic rings. The van der Waals surface area contributed by atoms with Crippen molar-refractivity contribution < 1.29 is 35.4 Å². The van der Waals surface area contributed by atoms with Crippen molar-refractivity contribution in [3.8, 4) is 0 Å². The molecule has 0 aliphatic heterocycles. The molecule has 6 N–H and O–H groups in total. The predicted octanol–water partition coefficient (Wildman–Crippen LogP) is -2.68. The first-order valence-corrected chi connectivity index (χ1v) is 4.97. The van der Waals surface area contributed by atoms with Crippen LogP contribution in [0.1, 0.15) is 6.42 Å². The maximum atomic E-state index is 8.09. The minimum Gasteiger partial charge on any atom is -0.396 e. The van der Waals surface area contributed by atoms with Crippen LogP contribution >= 0.6 is 0 Å². The van der Waals surface area contributed by atoms with Crippen molar-refractivity contribution in [1.82, 2.24) is 0 Å². The van der Waals surface area contributed by atoms with E-state index in [1.807, 2.05) is 0 Å². The normalized spacial score (nSPS) is 8.62. The van der Waals surface area contributed by atoms with E-state index < -0.39 is 0 Å². The molecule has 102 valence electrons. The van der Waals surface area contributed by atoms with Crippen LogP contribution in [0.3, 0.4) is 0 Å². The summed E-state index contributed by atoms with van der Waals surface area (Å²) in [7, 11) is 0. The van der Waals surface area contributed by atoms with Crippen molar-refractivity contribution in [2.45, 2.75) is 6.42 Å². The number of hydrogen-bond acceptors (Lipinski definition) is 7. The largest absolute Gasteiger partial charge is 0.396 e. The lowest BCUT2D eigenvalue weighted by atomic mass is 10.5. The molecule has 0 atom stereocenters. The van der Waals surface area contributed by atoms with E-state index in [1.165, 1.54) is 0 Å². The Morgan fingerprint density at radius 2 is 0.875 bits per heavy atom. The molecule has 0 aromatic heterocycles. The zero-order valence-corrected chi connectivity index (χ0v) is 9.46. The van der Waals surface area contributed by atoms with Gasteiger partial charge in [0.1, 0.15) is 0 Å². The highest BCUT2D eigenvalue weighted by molar-refractivity contribution is 4.24. The summed E-state index contributed by atoms with van der Waals surface area (Å²) < 4.78 is 4.63. The molecule has 0 saturated carbocycles. The number of rotatable bonds is 7. The van der Waals surface area contributed by atoms with Gasteiger partial charge in [-0.05, 0) is 6.42 Å². The van der Waals surface area contributed by atoms with Crippen LogP contribution < -0.4 is 0 Å². The van der Waals surface area contributed by atoms with Crippen LogP contribution in [-0.2, 0) is 4.74 Å². The Morgan fingerprint density at radius 1 is 0.500 bits per heavy atom. The molecule has 0 spiro atoms. The Kier molecular flexibility index (Phi) is 38.6. The van der Waals surface area contributed by atoms with Gasteiger partial charge in [-0.25, -0.2) is 0 Å². The van der Waals surface area contributed by atoms with E-state index in [0.29, 0.717) is 19.6 Å². The van der Waals surface area contributed by atoms with Crippen molar-refractivity contribution in [2.24, 2.45) is 0 Å². The SMILES string of the molecule is OCCCO.OCCO.OCCOCCO. The molecule has 0 fully saturated rings. The molecule has 0 aliphatic carbocycles. The minimum atomic E-state index is -0.125. The summed E-state index contributed by atoms with van der Waals surface area (Å²) in [5.74, 6) is 0. The van der Waals surface area contributed by atoms with Crippen LogP contribution in [0.5, 0.6) is 0 Å². The van der Waals surface area contributed by atoms with Crippen molar-refractivity contribution in [3.63, 3.8) is 0 Å². The van der Waals surface area contributed by atoms with Gasteiger partial charge in [0.05, 0.1) is 39.6 Å². The smallest absolute Gasteiger partial charge is 0.0698 e. The van der Waals surface area contributed by atoms with E-state index in [4.69, 9.17) is 30.6 Å². The lowest BCUT2D eigenvalue weighted by Crippen LogP contribution is -2.03. The number of aliphatic hydroxyl groups is 6. The fraction of sp³-hybridized carbons (Fsp3) is 1.00. The zero-order chi connectivity index (χ0) is 13.1. The molecule has 0 radical (unpaired) electrons. The minimum absolute atomic E-state index is 0.0278. The van der Waals surface area contributed by atoms with Gasteiger partial charge in [-0.15, -0.1) is 0 Å². The van der Waals surface area contributed by atoms with Gasteiger partial charge in [0, 0.05) is 13.2 Å². The molecule has 0 rings (SSSR count). The first kappa shape index (κ1) is 21.1. The van der Waals surface area contributed by atoms with E-state index in [1.54, 1.807) is 0 Å². The van der Waals surface area contributed by atoms with Gasteiger partial charge in [-0.1, -0.05) is 0 Å². The van der Waals surface area contributed by atoms with Gasteiger partial charge >= 0.3 is 0 Å². The summed E-state index contributed by atoms with van der Waals surface area (Å²) >= 11 is 0. The lowest BCUT2D eigenvalue weighted by Gasteiger charge is -1.94.